The Bertz CT molecular complexity index is 1050. The molecule has 2 N–H and O–H groups in total. The van der Waals surface area contributed by atoms with Crippen molar-refractivity contribution in [1.29, 1.82) is 0 Å². The molecular formula is C19H15BrN2O3. The highest BCUT2D eigenvalue weighted by molar-refractivity contribution is 9.10. The molecule has 1 aliphatic heterocycles. The van der Waals surface area contributed by atoms with Gasteiger partial charge in [-0.15, -0.1) is 0 Å². The van der Waals surface area contributed by atoms with Crippen molar-refractivity contribution in [3.63, 3.8) is 0 Å². The second-order valence-electron chi connectivity index (χ2n) is 6.06. The summed E-state index contributed by atoms with van der Waals surface area (Å²) in [5, 5.41) is 13.8. The number of hydrogen-bond donors (Lipinski definition) is 2. The first-order valence-corrected chi connectivity index (χ1v) is 8.80. The van der Waals surface area contributed by atoms with Gasteiger partial charge in [-0.25, -0.2) is 0 Å². The average molecular weight is 399 g/mol. The lowest BCUT2D eigenvalue weighted by Gasteiger charge is -2.21. The Morgan fingerprint density at radius 3 is 2.68 bits per heavy atom. The van der Waals surface area contributed by atoms with Gasteiger partial charge < -0.3 is 15.0 Å². The Balaban J connectivity index is 1.86. The number of aromatic nitrogens is 1. The fraction of sp³-hybridized carbons (Fsp3) is 0.158. The van der Waals surface area contributed by atoms with Gasteiger partial charge in [0.2, 0.25) is 0 Å². The highest BCUT2D eigenvalue weighted by Gasteiger charge is 2.25. The van der Waals surface area contributed by atoms with Crippen molar-refractivity contribution in [2.24, 2.45) is 0 Å². The number of hydrogen-bond acceptors (Lipinski definition) is 3. The van der Waals surface area contributed by atoms with Crippen molar-refractivity contribution in [1.82, 2.24) is 4.57 Å². The van der Waals surface area contributed by atoms with Crippen LogP contribution in [0.15, 0.2) is 51.7 Å². The molecule has 1 aliphatic rings. The molecule has 4 rings (SSSR count). The second-order valence-corrected chi connectivity index (χ2v) is 6.97. The fourth-order valence-electron chi connectivity index (χ4n) is 3.35. The molecule has 2 heterocycles. The minimum atomic E-state index is -0.605. The molecule has 0 spiro atoms. The van der Waals surface area contributed by atoms with Crippen LogP contribution < -0.4 is 10.9 Å². The largest absolute Gasteiger partial charge is 0.506 e. The summed E-state index contributed by atoms with van der Waals surface area (Å²) in [6.45, 7) is 0.547. The van der Waals surface area contributed by atoms with Gasteiger partial charge in [-0.1, -0.05) is 28.1 Å². The maximum Gasteiger partial charge on any atom is 0.267 e. The molecule has 1 amide bonds. The number of rotatable bonds is 2. The van der Waals surface area contributed by atoms with E-state index < -0.39 is 11.5 Å². The number of aryl methyl sites for hydroxylation is 2. The van der Waals surface area contributed by atoms with Crippen molar-refractivity contribution >= 4 is 38.4 Å². The molecule has 0 unspecified atom stereocenters. The number of nitrogens with zero attached hydrogens (tertiary/aromatic N) is 1. The molecule has 0 saturated carbocycles. The molecule has 0 fully saturated rings. The minimum Gasteiger partial charge on any atom is -0.506 e. The van der Waals surface area contributed by atoms with Crippen molar-refractivity contribution in [3.05, 3.63) is 68.4 Å². The summed E-state index contributed by atoms with van der Waals surface area (Å²) in [4.78, 5) is 25.5. The van der Waals surface area contributed by atoms with Crippen LogP contribution in [0.25, 0.3) is 10.9 Å². The summed E-state index contributed by atoms with van der Waals surface area (Å²) in [5.74, 6) is -0.860. The smallest absolute Gasteiger partial charge is 0.267 e. The van der Waals surface area contributed by atoms with Gasteiger partial charge in [0, 0.05) is 22.1 Å². The van der Waals surface area contributed by atoms with E-state index in [1.165, 1.54) is 0 Å². The number of halogens is 1. The number of nitrogens with one attached hydrogen (secondary N) is 1. The summed E-state index contributed by atoms with van der Waals surface area (Å²) in [7, 11) is 0. The third kappa shape index (κ3) is 2.62. The van der Waals surface area contributed by atoms with E-state index in [0.717, 1.165) is 28.4 Å². The van der Waals surface area contributed by atoms with E-state index in [4.69, 9.17) is 0 Å². The number of para-hydroxylation sites is 1. The molecule has 2 aromatic carbocycles. The summed E-state index contributed by atoms with van der Waals surface area (Å²) in [6, 6.07) is 12.6. The van der Waals surface area contributed by atoms with Crippen LogP contribution in [-0.2, 0) is 13.0 Å². The molecular weight excluding hydrogens is 384 g/mol. The standard InChI is InChI=1S/C19H15BrN2O3/c20-12-6-8-13(9-7-12)21-18(24)15-17(23)14-5-1-3-11-4-2-10-22(16(11)14)19(15)25/h1,3,5-9,23H,2,4,10H2,(H,21,24). The second kappa shape index (κ2) is 6.04. The molecule has 3 aromatic rings. The Hall–Kier alpha value is -2.60. The maximum atomic E-state index is 12.8. The Morgan fingerprint density at radius 2 is 1.92 bits per heavy atom. The number of pyridine rings is 1. The van der Waals surface area contributed by atoms with Crippen molar-refractivity contribution in [2.75, 3.05) is 5.32 Å². The quantitative estimate of drug-likeness (QED) is 0.691. The first kappa shape index (κ1) is 15.9. The normalized spacial score (nSPS) is 13.0. The van der Waals surface area contributed by atoms with Crippen molar-refractivity contribution in [3.8, 4) is 5.75 Å². The molecule has 0 aliphatic carbocycles. The van der Waals surface area contributed by atoms with Crippen LogP contribution >= 0.6 is 15.9 Å². The average Bonchev–Trinajstić information content (AvgIpc) is 2.61. The Morgan fingerprint density at radius 1 is 1.16 bits per heavy atom. The van der Waals surface area contributed by atoms with Gasteiger partial charge in [-0.05, 0) is 48.7 Å². The third-order valence-corrected chi connectivity index (χ3v) is 5.03. The van der Waals surface area contributed by atoms with Gasteiger partial charge in [-0.2, -0.15) is 0 Å². The van der Waals surface area contributed by atoms with Crippen LogP contribution in [0.5, 0.6) is 5.75 Å². The van der Waals surface area contributed by atoms with Crippen molar-refractivity contribution < 1.29 is 9.90 Å². The Kier molecular flexibility index (Phi) is 3.84. The SMILES string of the molecule is O=C(Nc1ccc(Br)cc1)c1c(O)c2cccc3c2n(c1=O)CCC3. The minimum absolute atomic E-state index is 0.213. The highest BCUT2D eigenvalue weighted by Crippen LogP contribution is 2.31. The molecule has 6 heteroatoms. The predicted molar refractivity (Wildman–Crippen MR) is 100 cm³/mol. The predicted octanol–water partition coefficient (Wildman–Crippen LogP) is 3.67. The van der Waals surface area contributed by atoms with Crippen molar-refractivity contribution in [2.45, 2.75) is 19.4 Å². The summed E-state index contributed by atoms with van der Waals surface area (Å²) in [5.41, 5.74) is 1.65. The van der Waals surface area contributed by atoms with Gasteiger partial charge in [0.25, 0.3) is 11.5 Å². The summed E-state index contributed by atoms with van der Waals surface area (Å²) >= 11 is 3.33. The zero-order valence-corrected chi connectivity index (χ0v) is 14.8. The zero-order chi connectivity index (χ0) is 17.6. The summed E-state index contributed by atoms with van der Waals surface area (Å²) < 4.78 is 2.49. The van der Waals surface area contributed by atoms with E-state index in [1.54, 1.807) is 34.9 Å². The fourth-order valence-corrected chi connectivity index (χ4v) is 3.61. The molecule has 25 heavy (non-hydrogen) atoms. The number of aromatic hydroxyl groups is 1. The van der Waals surface area contributed by atoms with E-state index in [0.29, 0.717) is 17.6 Å². The molecule has 0 radical (unpaired) electrons. The van der Waals surface area contributed by atoms with Gasteiger partial charge >= 0.3 is 0 Å². The number of anilines is 1. The third-order valence-electron chi connectivity index (χ3n) is 4.50. The van der Waals surface area contributed by atoms with E-state index in [2.05, 4.69) is 21.2 Å². The molecule has 1 aromatic heterocycles. The summed E-state index contributed by atoms with van der Waals surface area (Å²) in [6.07, 6.45) is 1.70. The first-order valence-electron chi connectivity index (χ1n) is 8.00. The van der Waals surface area contributed by atoms with E-state index >= 15 is 0 Å². The number of benzene rings is 2. The van der Waals surface area contributed by atoms with Crippen LogP contribution in [0.3, 0.4) is 0 Å². The van der Waals surface area contributed by atoms with Crippen LogP contribution in [0.1, 0.15) is 22.3 Å². The monoisotopic (exact) mass is 398 g/mol. The number of carbonyl (C=O) groups is 1. The molecule has 0 bridgehead atoms. The zero-order valence-electron chi connectivity index (χ0n) is 13.3. The lowest BCUT2D eigenvalue weighted by atomic mass is 9.99. The van der Waals surface area contributed by atoms with Crippen LogP contribution in [0.2, 0.25) is 0 Å². The number of carbonyl (C=O) groups excluding carboxylic acids is 1. The van der Waals surface area contributed by atoms with Crippen LogP contribution in [0, 0.1) is 0 Å². The van der Waals surface area contributed by atoms with E-state index in [-0.39, 0.29) is 11.3 Å². The molecule has 5 nitrogen and oxygen atoms in total. The van der Waals surface area contributed by atoms with Crippen LogP contribution in [0.4, 0.5) is 5.69 Å². The number of amides is 1. The van der Waals surface area contributed by atoms with E-state index in [9.17, 15) is 14.7 Å². The molecule has 0 atom stereocenters. The maximum absolute atomic E-state index is 12.8. The van der Waals surface area contributed by atoms with Crippen LogP contribution in [-0.4, -0.2) is 15.6 Å². The lowest BCUT2D eigenvalue weighted by molar-refractivity contribution is 0.102. The first-order chi connectivity index (χ1) is 12.1. The van der Waals surface area contributed by atoms with E-state index in [1.807, 2.05) is 12.1 Å². The lowest BCUT2D eigenvalue weighted by Crippen LogP contribution is -2.31. The molecule has 126 valence electrons. The Labute approximate surface area is 152 Å². The van der Waals surface area contributed by atoms with Gasteiger partial charge in [0.15, 0.2) is 0 Å². The topological polar surface area (TPSA) is 71.3 Å². The van der Waals surface area contributed by atoms with Gasteiger partial charge in [-0.3, -0.25) is 9.59 Å². The molecule has 0 saturated heterocycles. The highest BCUT2D eigenvalue weighted by atomic mass is 79.9. The van der Waals surface area contributed by atoms with Gasteiger partial charge in [0.05, 0.1) is 5.52 Å². The van der Waals surface area contributed by atoms with Gasteiger partial charge in [0.1, 0.15) is 11.3 Å².